The van der Waals surface area contributed by atoms with Gasteiger partial charge in [-0.1, -0.05) is 18.2 Å². The summed E-state index contributed by atoms with van der Waals surface area (Å²) in [4.78, 5) is 0. The second kappa shape index (κ2) is 3.16. The molecule has 1 aliphatic heterocycles. The van der Waals surface area contributed by atoms with E-state index in [1.807, 2.05) is 0 Å². The molecule has 76 valence electrons. The molecule has 0 spiro atoms. The van der Waals surface area contributed by atoms with Crippen molar-refractivity contribution in [3.05, 3.63) is 29.8 Å². The highest BCUT2D eigenvalue weighted by molar-refractivity contribution is 5.53. The number of halogens is 3. The van der Waals surface area contributed by atoms with E-state index in [1.165, 1.54) is 6.07 Å². The van der Waals surface area contributed by atoms with Crippen molar-refractivity contribution >= 4 is 5.69 Å². The Morgan fingerprint density at radius 1 is 1.29 bits per heavy atom. The molecule has 0 aliphatic carbocycles. The number of alkyl halides is 3. The van der Waals surface area contributed by atoms with Crippen molar-refractivity contribution in [3.63, 3.8) is 0 Å². The maximum absolute atomic E-state index is 12.5. The normalized spacial score (nSPS) is 21.2. The van der Waals surface area contributed by atoms with Gasteiger partial charge in [0.2, 0.25) is 0 Å². The zero-order chi connectivity index (χ0) is 10.2. The third kappa shape index (κ3) is 1.55. The average molecular weight is 203 g/mol. The molecule has 0 radical (unpaired) electrons. The number of nitrogens with one attached hydrogen (secondary N) is 1. The number of rotatable bonds is 0. The fourth-order valence-corrected chi connectivity index (χ4v) is 1.45. The molecule has 5 heteroatoms. The van der Waals surface area contributed by atoms with E-state index in [0.717, 1.165) is 0 Å². The Kier molecular flexibility index (Phi) is 2.11. The lowest BCUT2D eigenvalue weighted by molar-refractivity contribution is -0.223. The summed E-state index contributed by atoms with van der Waals surface area (Å²) in [6, 6.07) is 6.27. The van der Waals surface area contributed by atoms with Gasteiger partial charge in [0.1, 0.15) is 6.73 Å². The summed E-state index contributed by atoms with van der Waals surface area (Å²) in [5.41, 5.74) is 0.632. The Labute approximate surface area is 78.7 Å². The van der Waals surface area contributed by atoms with Crippen LogP contribution in [-0.2, 0) is 4.74 Å². The van der Waals surface area contributed by atoms with Gasteiger partial charge in [-0.3, -0.25) is 0 Å². The molecule has 0 amide bonds. The maximum atomic E-state index is 12.5. The highest BCUT2D eigenvalue weighted by Gasteiger charge is 2.44. The van der Waals surface area contributed by atoms with Crippen LogP contribution in [0.2, 0.25) is 0 Å². The first kappa shape index (κ1) is 9.33. The van der Waals surface area contributed by atoms with Crippen molar-refractivity contribution in [3.8, 4) is 0 Å². The summed E-state index contributed by atoms with van der Waals surface area (Å²) in [6.07, 6.45) is -6.15. The van der Waals surface area contributed by atoms with E-state index in [9.17, 15) is 13.2 Å². The van der Waals surface area contributed by atoms with Gasteiger partial charge in [-0.15, -0.1) is 0 Å². The molecule has 0 saturated carbocycles. The van der Waals surface area contributed by atoms with Crippen LogP contribution in [0.15, 0.2) is 24.3 Å². The van der Waals surface area contributed by atoms with Crippen molar-refractivity contribution in [2.45, 2.75) is 12.3 Å². The third-order valence-electron chi connectivity index (χ3n) is 2.05. The fraction of sp³-hybridized carbons (Fsp3) is 0.333. The Bertz CT molecular complexity index is 337. The van der Waals surface area contributed by atoms with Crippen molar-refractivity contribution in [1.29, 1.82) is 0 Å². The molecule has 0 aromatic heterocycles. The van der Waals surface area contributed by atoms with Crippen LogP contribution < -0.4 is 5.32 Å². The predicted molar refractivity (Wildman–Crippen MR) is 44.8 cm³/mol. The molecule has 1 heterocycles. The Hall–Kier alpha value is -1.23. The van der Waals surface area contributed by atoms with Gasteiger partial charge in [-0.25, -0.2) is 0 Å². The molecule has 0 bridgehead atoms. The van der Waals surface area contributed by atoms with Crippen LogP contribution in [0.5, 0.6) is 0 Å². The third-order valence-corrected chi connectivity index (χ3v) is 2.05. The number of hydrogen-bond donors (Lipinski definition) is 1. The predicted octanol–water partition coefficient (Wildman–Crippen LogP) is 2.69. The zero-order valence-electron chi connectivity index (χ0n) is 7.14. The smallest absolute Gasteiger partial charge is 0.362 e. The maximum Gasteiger partial charge on any atom is 0.419 e. The molecule has 2 rings (SSSR count). The van der Waals surface area contributed by atoms with Crippen LogP contribution in [0.1, 0.15) is 11.7 Å². The number of anilines is 1. The minimum Gasteiger partial charge on any atom is -0.362 e. The second-order valence-electron chi connectivity index (χ2n) is 3.00. The Morgan fingerprint density at radius 2 is 2.00 bits per heavy atom. The van der Waals surface area contributed by atoms with E-state index in [2.05, 4.69) is 10.1 Å². The standard InChI is InChI=1S/C9H8F3NO/c10-9(11,12)8-6-3-1-2-4-7(6)13-5-14-8/h1-4,8,13H,5H2. The van der Waals surface area contributed by atoms with Gasteiger partial charge in [0, 0.05) is 11.3 Å². The van der Waals surface area contributed by atoms with E-state index >= 15 is 0 Å². The molecule has 1 aromatic carbocycles. The number of fused-ring (bicyclic) bond motifs is 1. The molecule has 1 atom stereocenters. The first-order valence-corrected chi connectivity index (χ1v) is 4.10. The van der Waals surface area contributed by atoms with Gasteiger partial charge in [0.25, 0.3) is 0 Å². The average Bonchev–Trinajstić information content (AvgIpc) is 2.15. The summed E-state index contributed by atoms with van der Waals surface area (Å²) in [5, 5.41) is 2.74. The van der Waals surface area contributed by atoms with Crippen LogP contribution in [0, 0.1) is 0 Å². The lowest BCUT2D eigenvalue weighted by Gasteiger charge is -2.28. The Balaban J connectivity index is 2.41. The van der Waals surface area contributed by atoms with Gasteiger partial charge < -0.3 is 10.1 Å². The number of benzene rings is 1. The van der Waals surface area contributed by atoms with E-state index in [0.29, 0.717) is 5.69 Å². The molecule has 1 aliphatic rings. The SMILES string of the molecule is FC(F)(F)C1OCNc2ccccc21. The van der Waals surface area contributed by atoms with Gasteiger partial charge in [-0.2, -0.15) is 13.2 Å². The van der Waals surface area contributed by atoms with Gasteiger partial charge in [0.15, 0.2) is 6.10 Å². The lowest BCUT2D eigenvalue weighted by Crippen LogP contribution is -2.30. The molecular weight excluding hydrogens is 195 g/mol. The van der Waals surface area contributed by atoms with E-state index in [4.69, 9.17) is 0 Å². The lowest BCUT2D eigenvalue weighted by atomic mass is 10.1. The summed E-state index contributed by atoms with van der Waals surface area (Å²) in [7, 11) is 0. The first-order valence-electron chi connectivity index (χ1n) is 4.10. The molecule has 1 unspecified atom stereocenters. The first-order chi connectivity index (χ1) is 6.59. The van der Waals surface area contributed by atoms with Gasteiger partial charge in [-0.05, 0) is 6.07 Å². The van der Waals surface area contributed by atoms with Crippen molar-refractivity contribution < 1.29 is 17.9 Å². The monoisotopic (exact) mass is 203 g/mol. The molecule has 2 nitrogen and oxygen atoms in total. The topological polar surface area (TPSA) is 21.3 Å². The van der Waals surface area contributed by atoms with E-state index in [1.54, 1.807) is 18.2 Å². The highest BCUT2D eigenvalue weighted by Crippen LogP contribution is 2.40. The van der Waals surface area contributed by atoms with Crippen LogP contribution in [-0.4, -0.2) is 12.9 Å². The summed E-state index contributed by atoms with van der Waals surface area (Å²) in [6.45, 7) is -0.110. The van der Waals surface area contributed by atoms with E-state index in [-0.39, 0.29) is 12.3 Å². The van der Waals surface area contributed by atoms with Crippen LogP contribution >= 0.6 is 0 Å². The number of para-hydroxylation sites is 1. The largest absolute Gasteiger partial charge is 0.419 e. The molecule has 1 aromatic rings. The highest BCUT2D eigenvalue weighted by atomic mass is 19.4. The summed E-state index contributed by atoms with van der Waals surface area (Å²) in [5.74, 6) is 0. The molecule has 0 saturated heterocycles. The number of ether oxygens (including phenoxy) is 1. The van der Waals surface area contributed by atoms with Crippen LogP contribution in [0.25, 0.3) is 0 Å². The van der Waals surface area contributed by atoms with Crippen molar-refractivity contribution in [2.24, 2.45) is 0 Å². The van der Waals surface area contributed by atoms with Crippen molar-refractivity contribution in [1.82, 2.24) is 0 Å². The summed E-state index contributed by atoms with van der Waals surface area (Å²) < 4.78 is 42.0. The van der Waals surface area contributed by atoms with Crippen LogP contribution in [0.3, 0.4) is 0 Å². The van der Waals surface area contributed by atoms with Crippen molar-refractivity contribution in [2.75, 3.05) is 12.0 Å². The van der Waals surface area contributed by atoms with E-state index < -0.39 is 12.3 Å². The summed E-state index contributed by atoms with van der Waals surface area (Å²) >= 11 is 0. The second-order valence-corrected chi connectivity index (χ2v) is 3.00. The zero-order valence-corrected chi connectivity index (χ0v) is 7.14. The molecule has 0 fully saturated rings. The fourth-order valence-electron chi connectivity index (χ4n) is 1.45. The minimum atomic E-state index is -4.35. The molecule has 14 heavy (non-hydrogen) atoms. The molecule has 1 N–H and O–H groups in total. The van der Waals surface area contributed by atoms with Crippen LogP contribution in [0.4, 0.5) is 18.9 Å². The number of hydrogen-bond acceptors (Lipinski definition) is 2. The minimum absolute atomic E-state index is 0.110. The van der Waals surface area contributed by atoms with Gasteiger partial charge >= 0.3 is 6.18 Å². The van der Waals surface area contributed by atoms with Gasteiger partial charge in [0.05, 0.1) is 0 Å². The quantitative estimate of drug-likeness (QED) is 0.699. The Morgan fingerprint density at radius 3 is 2.71 bits per heavy atom. The molecular formula is C9H8F3NO.